The van der Waals surface area contributed by atoms with Gasteiger partial charge in [0.25, 0.3) is 0 Å². The number of hydrogen-bond donors (Lipinski definition) is 0. The molecule has 3 nitrogen and oxygen atoms in total. The zero-order valence-corrected chi connectivity index (χ0v) is 9.48. The summed E-state index contributed by atoms with van der Waals surface area (Å²) in [6.07, 6.45) is 3.86. The fraction of sp³-hybridized carbons (Fsp3) is 0.286. The maximum Gasteiger partial charge on any atom is 0.342 e. The van der Waals surface area contributed by atoms with Crippen LogP contribution in [0.4, 0.5) is 0 Å². The van der Waals surface area contributed by atoms with Gasteiger partial charge in [-0.25, -0.2) is 9.78 Å². The highest BCUT2D eigenvalue weighted by molar-refractivity contribution is 5.52. The lowest BCUT2D eigenvalue weighted by atomic mass is 9.97. The van der Waals surface area contributed by atoms with Crippen LogP contribution < -0.4 is 5.63 Å². The molecule has 0 bridgehead atoms. The van der Waals surface area contributed by atoms with Gasteiger partial charge >= 0.3 is 5.63 Å². The Kier molecular flexibility index (Phi) is 2.52. The second-order valence-corrected chi connectivity index (χ2v) is 4.30. The fourth-order valence-corrected chi connectivity index (χ4v) is 2.23. The molecule has 0 fully saturated rings. The normalized spacial score (nSPS) is 14.4. The summed E-state index contributed by atoms with van der Waals surface area (Å²) in [4.78, 5) is 16.3. The van der Waals surface area contributed by atoms with Crippen LogP contribution in [0.15, 0.2) is 39.5 Å². The summed E-state index contributed by atoms with van der Waals surface area (Å²) in [6, 6.07) is 9.56. The summed E-state index contributed by atoms with van der Waals surface area (Å²) in [5.41, 5.74) is 2.34. The van der Waals surface area contributed by atoms with Gasteiger partial charge in [-0.15, -0.1) is 0 Å². The Bertz CT molecular complexity index is 587. The summed E-state index contributed by atoms with van der Waals surface area (Å²) in [6.45, 7) is 0. The predicted molar refractivity (Wildman–Crippen MR) is 64.9 cm³/mol. The van der Waals surface area contributed by atoms with Crippen LogP contribution >= 0.6 is 0 Å². The number of nitrogens with zero attached hydrogens (tertiary/aromatic N) is 1. The average Bonchev–Trinajstić information content (AvgIpc) is 2.40. The van der Waals surface area contributed by atoms with Crippen molar-refractivity contribution >= 4 is 0 Å². The van der Waals surface area contributed by atoms with Gasteiger partial charge in [0.15, 0.2) is 0 Å². The first-order valence-electron chi connectivity index (χ1n) is 5.93. The number of aromatic nitrogens is 1. The summed E-state index contributed by atoms with van der Waals surface area (Å²) in [5, 5.41) is 0. The van der Waals surface area contributed by atoms with Gasteiger partial charge in [0.2, 0.25) is 5.89 Å². The van der Waals surface area contributed by atoms with E-state index in [1.54, 1.807) is 0 Å². The van der Waals surface area contributed by atoms with Crippen LogP contribution in [-0.4, -0.2) is 4.98 Å². The topological polar surface area (TPSA) is 43.1 Å². The van der Waals surface area contributed by atoms with Crippen LogP contribution in [0.5, 0.6) is 0 Å². The Balaban J connectivity index is 2.14. The van der Waals surface area contributed by atoms with Crippen LogP contribution in [0.3, 0.4) is 0 Å². The van der Waals surface area contributed by atoms with Gasteiger partial charge in [-0.2, -0.15) is 0 Å². The van der Waals surface area contributed by atoms with E-state index in [0.717, 1.165) is 42.5 Å². The smallest absolute Gasteiger partial charge is 0.342 e. The Morgan fingerprint density at radius 1 is 1.06 bits per heavy atom. The molecule has 0 aliphatic heterocycles. The maximum absolute atomic E-state index is 11.9. The second kappa shape index (κ2) is 4.17. The predicted octanol–water partition coefficient (Wildman–Crippen LogP) is 2.58. The van der Waals surface area contributed by atoms with Crippen molar-refractivity contribution in [1.82, 2.24) is 4.98 Å². The standard InChI is InChI=1S/C14H13NO2/c16-14-11-8-4-5-9-12(11)15-13(17-14)10-6-2-1-3-7-10/h1-3,6-7H,4-5,8-9H2. The van der Waals surface area contributed by atoms with Gasteiger partial charge in [-0.1, -0.05) is 18.2 Å². The molecule has 17 heavy (non-hydrogen) atoms. The highest BCUT2D eigenvalue weighted by Gasteiger charge is 2.17. The molecule has 1 aliphatic carbocycles. The molecule has 0 spiro atoms. The van der Waals surface area contributed by atoms with Gasteiger partial charge in [0, 0.05) is 5.56 Å². The van der Waals surface area contributed by atoms with E-state index in [1.807, 2.05) is 30.3 Å². The van der Waals surface area contributed by atoms with Crippen molar-refractivity contribution in [2.75, 3.05) is 0 Å². The highest BCUT2D eigenvalue weighted by Crippen LogP contribution is 2.21. The van der Waals surface area contributed by atoms with Gasteiger partial charge in [0.05, 0.1) is 11.3 Å². The van der Waals surface area contributed by atoms with E-state index in [2.05, 4.69) is 4.98 Å². The number of aryl methyl sites for hydroxylation is 1. The molecular formula is C14H13NO2. The molecule has 1 aromatic heterocycles. The molecule has 3 heteroatoms. The molecule has 0 atom stereocenters. The van der Waals surface area contributed by atoms with Crippen molar-refractivity contribution in [3.63, 3.8) is 0 Å². The lowest BCUT2D eigenvalue weighted by molar-refractivity contribution is 0.478. The summed E-state index contributed by atoms with van der Waals surface area (Å²) in [5.74, 6) is 0.441. The van der Waals surface area contributed by atoms with Crippen molar-refractivity contribution in [1.29, 1.82) is 0 Å². The lowest BCUT2D eigenvalue weighted by Gasteiger charge is -2.13. The van der Waals surface area contributed by atoms with E-state index in [0.29, 0.717) is 5.89 Å². The van der Waals surface area contributed by atoms with Crippen LogP contribution in [0.2, 0.25) is 0 Å². The third kappa shape index (κ3) is 1.88. The van der Waals surface area contributed by atoms with Gasteiger partial charge in [0.1, 0.15) is 0 Å². The second-order valence-electron chi connectivity index (χ2n) is 4.30. The number of rotatable bonds is 1. The first-order valence-corrected chi connectivity index (χ1v) is 5.93. The molecule has 0 radical (unpaired) electrons. The summed E-state index contributed by atoms with van der Waals surface area (Å²) >= 11 is 0. The molecule has 0 amide bonds. The Labute approximate surface area is 99.1 Å². The molecule has 1 heterocycles. The monoisotopic (exact) mass is 227 g/mol. The van der Waals surface area contributed by atoms with Crippen LogP contribution in [-0.2, 0) is 12.8 Å². The summed E-state index contributed by atoms with van der Waals surface area (Å²) < 4.78 is 5.30. The first kappa shape index (κ1) is 10.3. The van der Waals surface area contributed by atoms with Crippen molar-refractivity contribution in [3.05, 3.63) is 52.0 Å². The van der Waals surface area contributed by atoms with Crippen LogP contribution in [0, 0.1) is 0 Å². The van der Waals surface area contributed by atoms with E-state index in [-0.39, 0.29) is 5.63 Å². The van der Waals surface area contributed by atoms with E-state index in [1.165, 1.54) is 0 Å². The molecule has 0 unspecified atom stereocenters. The quantitative estimate of drug-likeness (QED) is 0.752. The molecule has 0 N–H and O–H groups in total. The lowest BCUT2D eigenvalue weighted by Crippen LogP contribution is -2.17. The van der Waals surface area contributed by atoms with Crippen LogP contribution in [0.1, 0.15) is 24.1 Å². The molecule has 86 valence electrons. The van der Waals surface area contributed by atoms with Gasteiger partial charge < -0.3 is 4.42 Å². The first-order chi connectivity index (χ1) is 8.34. The number of benzene rings is 1. The fourth-order valence-electron chi connectivity index (χ4n) is 2.23. The third-order valence-electron chi connectivity index (χ3n) is 3.13. The zero-order valence-electron chi connectivity index (χ0n) is 9.48. The van der Waals surface area contributed by atoms with Crippen molar-refractivity contribution in [3.8, 4) is 11.5 Å². The van der Waals surface area contributed by atoms with E-state index in [4.69, 9.17) is 4.42 Å². The molecule has 1 aromatic carbocycles. The number of hydrogen-bond acceptors (Lipinski definition) is 3. The Hall–Kier alpha value is -1.90. The van der Waals surface area contributed by atoms with Gasteiger partial charge in [-0.05, 0) is 37.8 Å². The largest absolute Gasteiger partial charge is 0.403 e. The SMILES string of the molecule is O=c1oc(-c2ccccc2)nc2c1CCCC2. The van der Waals surface area contributed by atoms with Gasteiger partial charge in [-0.3, -0.25) is 0 Å². The molecule has 0 saturated carbocycles. The molecule has 0 saturated heterocycles. The molecule has 3 rings (SSSR count). The molecule has 1 aliphatic rings. The Morgan fingerprint density at radius 2 is 1.82 bits per heavy atom. The van der Waals surface area contributed by atoms with Crippen molar-refractivity contribution < 1.29 is 4.42 Å². The minimum atomic E-state index is -0.214. The molecule has 2 aromatic rings. The minimum absolute atomic E-state index is 0.214. The van der Waals surface area contributed by atoms with E-state index in [9.17, 15) is 4.79 Å². The average molecular weight is 227 g/mol. The number of fused-ring (bicyclic) bond motifs is 1. The van der Waals surface area contributed by atoms with Crippen molar-refractivity contribution in [2.24, 2.45) is 0 Å². The zero-order chi connectivity index (χ0) is 11.7. The highest BCUT2D eigenvalue weighted by atomic mass is 16.4. The van der Waals surface area contributed by atoms with Crippen molar-refractivity contribution in [2.45, 2.75) is 25.7 Å². The van der Waals surface area contributed by atoms with E-state index >= 15 is 0 Å². The van der Waals surface area contributed by atoms with Crippen LogP contribution in [0.25, 0.3) is 11.5 Å². The Morgan fingerprint density at radius 3 is 2.65 bits per heavy atom. The minimum Gasteiger partial charge on any atom is -0.403 e. The maximum atomic E-state index is 11.9. The van der Waals surface area contributed by atoms with E-state index < -0.39 is 0 Å². The summed E-state index contributed by atoms with van der Waals surface area (Å²) in [7, 11) is 0. The third-order valence-corrected chi connectivity index (χ3v) is 3.13. The molecular weight excluding hydrogens is 214 g/mol.